The predicted octanol–water partition coefficient (Wildman–Crippen LogP) is 3.08. The fourth-order valence-electron chi connectivity index (χ4n) is 2.22. The summed E-state index contributed by atoms with van der Waals surface area (Å²) in [6.07, 6.45) is 1.82. The third kappa shape index (κ3) is 2.35. The first-order valence-electron chi connectivity index (χ1n) is 5.96. The third-order valence-corrected chi connectivity index (χ3v) is 3.30. The molecule has 0 unspecified atom stereocenters. The SMILES string of the molecule is CC(C)c1c(CCCN)c(Cl)cc2c1OCO2. The van der Waals surface area contributed by atoms with E-state index in [-0.39, 0.29) is 6.79 Å². The minimum Gasteiger partial charge on any atom is -0.454 e. The van der Waals surface area contributed by atoms with Crippen molar-refractivity contribution in [2.45, 2.75) is 32.6 Å². The molecule has 1 aromatic rings. The molecule has 4 heteroatoms. The topological polar surface area (TPSA) is 44.5 Å². The van der Waals surface area contributed by atoms with Crippen LogP contribution in [0.5, 0.6) is 11.5 Å². The highest BCUT2D eigenvalue weighted by Crippen LogP contribution is 2.44. The molecule has 2 rings (SSSR count). The molecule has 1 aliphatic heterocycles. The van der Waals surface area contributed by atoms with Crippen LogP contribution in [0.2, 0.25) is 5.02 Å². The molecule has 0 fully saturated rings. The van der Waals surface area contributed by atoms with Crippen LogP contribution < -0.4 is 15.2 Å². The number of hydrogen-bond acceptors (Lipinski definition) is 3. The number of fused-ring (bicyclic) bond motifs is 1. The zero-order valence-electron chi connectivity index (χ0n) is 10.3. The third-order valence-electron chi connectivity index (χ3n) is 2.97. The Morgan fingerprint density at radius 1 is 1.41 bits per heavy atom. The molecule has 1 aliphatic rings. The van der Waals surface area contributed by atoms with Crippen molar-refractivity contribution in [2.24, 2.45) is 5.73 Å². The Kier molecular flexibility index (Phi) is 3.79. The van der Waals surface area contributed by atoms with Gasteiger partial charge in [0.15, 0.2) is 11.5 Å². The largest absolute Gasteiger partial charge is 0.454 e. The van der Waals surface area contributed by atoms with Gasteiger partial charge in [0.05, 0.1) is 0 Å². The van der Waals surface area contributed by atoms with Crippen LogP contribution in [0.15, 0.2) is 6.07 Å². The number of halogens is 1. The van der Waals surface area contributed by atoms with Crippen LogP contribution in [0.1, 0.15) is 37.3 Å². The van der Waals surface area contributed by atoms with Crippen LogP contribution in [-0.4, -0.2) is 13.3 Å². The van der Waals surface area contributed by atoms with E-state index in [9.17, 15) is 0 Å². The van der Waals surface area contributed by atoms with Gasteiger partial charge in [0, 0.05) is 16.7 Å². The summed E-state index contributed by atoms with van der Waals surface area (Å²) in [4.78, 5) is 0. The zero-order valence-corrected chi connectivity index (χ0v) is 11.0. The lowest BCUT2D eigenvalue weighted by Gasteiger charge is -2.17. The summed E-state index contributed by atoms with van der Waals surface area (Å²) in [7, 11) is 0. The molecule has 0 aromatic heterocycles. The van der Waals surface area contributed by atoms with E-state index in [1.54, 1.807) is 0 Å². The van der Waals surface area contributed by atoms with E-state index >= 15 is 0 Å². The molecule has 0 aliphatic carbocycles. The second-order valence-electron chi connectivity index (χ2n) is 4.53. The lowest BCUT2D eigenvalue weighted by atomic mass is 9.93. The molecule has 1 aromatic carbocycles. The Morgan fingerprint density at radius 2 is 2.18 bits per heavy atom. The number of hydrogen-bond donors (Lipinski definition) is 1. The van der Waals surface area contributed by atoms with E-state index in [0.29, 0.717) is 12.5 Å². The quantitative estimate of drug-likeness (QED) is 0.899. The average molecular weight is 256 g/mol. The molecule has 3 nitrogen and oxygen atoms in total. The molecule has 1 heterocycles. The molecule has 0 amide bonds. The van der Waals surface area contributed by atoms with Crippen LogP contribution in [0, 0.1) is 0 Å². The molecule has 2 N–H and O–H groups in total. The van der Waals surface area contributed by atoms with Gasteiger partial charge in [-0.3, -0.25) is 0 Å². The summed E-state index contributed by atoms with van der Waals surface area (Å²) < 4.78 is 11.0. The summed E-state index contributed by atoms with van der Waals surface area (Å²) in [5.74, 6) is 1.98. The second-order valence-corrected chi connectivity index (χ2v) is 4.94. The fourth-order valence-corrected chi connectivity index (χ4v) is 2.51. The number of ether oxygens (including phenoxy) is 2. The normalized spacial score (nSPS) is 13.5. The summed E-state index contributed by atoms with van der Waals surface area (Å²) >= 11 is 6.32. The Hall–Kier alpha value is -0.930. The molecular weight excluding hydrogens is 238 g/mol. The van der Waals surface area contributed by atoms with Crippen molar-refractivity contribution in [3.63, 3.8) is 0 Å². The van der Waals surface area contributed by atoms with Gasteiger partial charge in [0.1, 0.15) is 0 Å². The van der Waals surface area contributed by atoms with Crippen LogP contribution >= 0.6 is 11.6 Å². The van der Waals surface area contributed by atoms with Crippen molar-refractivity contribution >= 4 is 11.6 Å². The summed E-state index contributed by atoms with van der Waals surface area (Å²) in [5, 5.41) is 0.756. The molecule has 17 heavy (non-hydrogen) atoms. The molecule has 0 radical (unpaired) electrons. The Labute approximate surface area is 107 Å². The van der Waals surface area contributed by atoms with Crippen molar-refractivity contribution < 1.29 is 9.47 Å². The van der Waals surface area contributed by atoms with Crippen molar-refractivity contribution in [1.82, 2.24) is 0 Å². The molecular formula is C13H18ClNO2. The van der Waals surface area contributed by atoms with Gasteiger partial charge in [-0.2, -0.15) is 0 Å². The minimum atomic E-state index is 0.283. The lowest BCUT2D eigenvalue weighted by Crippen LogP contribution is -2.05. The van der Waals surface area contributed by atoms with Gasteiger partial charge in [-0.05, 0) is 30.9 Å². The van der Waals surface area contributed by atoms with Crippen LogP contribution in [-0.2, 0) is 6.42 Å². The van der Waals surface area contributed by atoms with Gasteiger partial charge >= 0.3 is 0 Å². The minimum absolute atomic E-state index is 0.283. The second kappa shape index (κ2) is 5.15. The first-order chi connectivity index (χ1) is 8.15. The van der Waals surface area contributed by atoms with Gasteiger partial charge in [-0.15, -0.1) is 0 Å². The van der Waals surface area contributed by atoms with Crippen molar-refractivity contribution in [1.29, 1.82) is 0 Å². The maximum Gasteiger partial charge on any atom is 0.231 e. The summed E-state index contributed by atoms with van der Waals surface area (Å²) in [6, 6.07) is 1.85. The van der Waals surface area contributed by atoms with E-state index in [2.05, 4.69) is 13.8 Å². The van der Waals surface area contributed by atoms with E-state index in [1.807, 2.05) is 6.07 Å². The van der Waals surface area contributed by atoms with Crippen molar-refractivity contribution in [3.8, 4) is 11.5 Å². The zero-order chi connectivity index (χ0) is 12.4. The average Bonchev–Trinajstić information content (AvgIpc) is 2.72. The predicted molar refractivity (Wildman–Crippen MR) is 69.0 cm³/mol. The van der Waals surface area contributed by atoms with Crippen LogP contribution in [0.4, 0.5) is 0 Å². The Morgan fingerprint density at radius 3 is 2.82 bits per heavy atom. The maximum absolute atomic E-state index is 6.32. The van der Waals surface area contributed by atoms with Crippen LogP contribution in [0.3, 0.4) is 0 Å². The highest BCUT2D eigenvalue weighted by molar-refractivity contribution is 6.31. The number of benzene rings is 1. The van der Waals surface area contributed by atoms with E-state index in [4.69, 9.17) is 26.8 Å². The standard InChI is InChI=1S/C13H18ClNO2/c1-8(2)12-9(4-3-5-15)10(14)6-11-13(12)17-7-16-11/h6,8H,3-5,7,15H2,1-2H3. The van der Waals surface area contributed by atoms with Crippen LogP contribution in [0.25, 0.3) is 0 Å². The molecule has 0 spiro atoms. The van der Waals surface area contributed by atoms with Gasteiger partial charge in [0.2, 0.25) is 6.79 Å². The molecule has 0 atom stereocenters. The van der Waals surface area contributed by atoms with E-state index in [0.717, 1.165) is 34.9 Å². The smallest absolute Gasteiger partial charge is 0.231 e. The summed E-state index contributed by atoms with van der Waals surface area (Å²) in [6.45, 7) is 5.23. The number of rotatable bonds is 4. The van der Waals surface area contributed by atoms with Gasteiger partial charge in [0.25, 0.3) is 0 Å². The lowest BCUT2D eigenvalue weighted by molar-refractivity contribution is 0.173. The fraction of sp³-hybridized carbons (Fsp3) is 0.538. The van der Waals surface area contributed by atoms with Gasteiger partial charge in [-0.25, -0.2) is 0 Å². The highest BCUT2D eigenvalue weighted by Gasteiger charge is 2.24. The van der Waals surface area contributed by atoms with E-state index in [1.165, 1.54) is 5.56 Å². The molecule has 0 bridgehead atoms. The van der Waals surface area contributed by atoms with Crippen molar-refractivity contribution in [2.75, 3.05) is 13.3 Å². The molecule has 94 valence electrons. The Balaban J connectivity index is 2.48. The van der Waals surface area contributed by atoms with Crippen molar-refractivity contribution in [3.05, 3.63) is 22.2 Å². The summed E-state index contributed by atoms with van der Waals surface area (Å²) in [5.41, 5.74) is 7.88. The molecule has 0 saturated heterocycles. The monoisotopic (exact) mass is 255 g/mol. The van der Waals surface area contributed by atoms with Gasteiger partial charge < -0.3 is 15.2 Å². The first-order valence-corrected chi connectivity index (χ1v) is 6.34. The molecule has 0 saturated carbocycles. The van der Waals surface area contributed by atoms with E-state index < -0.39 is 0 Å². The number of nitrogens with two attached hydrogens (primary N) is 1. The maximum atomic E-state index is 6.32. The first kappa shape index (κ1) is 12.5. The Bertz CT molecular complexity index is 418. The highest BCUT2D eigenvalue weighted by atomic mass is 35.5. The van der Waals surface area contributed by atoms with Gasteiger partial charge in [-0.1, -0.05) is 25.4 Å².